The van der Waals surface area contributed by atoms with Crippen molar-refractivity contribution in [2.24, 2.45) is 0 Å². The van der Waals surface area contributed by atoms with E-state index in [2.05, 4.69) is 0 Å². The van der Waals surface area contributed by atoms with Crippen LogP contribution in [-0.4, -0.2) is 30.5 Å². The smallest absolute Gasteiger partial charge is 0.119 e. The molecule has 0 saturated carbocycles. The molecule has 0 spiro atoms. The Hall–Kier alpha value is -1.06. The van der Waals surface area contributed by atoms with E-state index in [0.717, 1.165) is 11.3 Å². The van der Waals surface area contributed by atoms with Crippen LogP contribution < -0.4 is 4.74 Å². The van der Waals surface area contributed by atoms with Crippen molar-refractivity contribution in [3.63, 3.8) is 0 Å². The van der Waals surface area contributed by atoms with Crippen LogP contribution >= 0.6 is 0 Å². The first kappa shape index (κ1) is 14.0. The second-order valence-electron chi connectivity index (χ2n) is 5.13. The largest absolute Gasteiger partial charge is 0.497 e. The van der Waals surface area contributed by atoms with Gasteiger partial charge >= 0.3 is 0 Å². The van der Waals surface area contributed by atoms with Crippen molar-refractivity contribution >= 4 is 0 Å². The Morgan fingerprint density at radius 2 is 2.00 bits per heavy atom. The van der Waals surface area contributed by atoms with Crippen LogP contribution in [0.15, 0.2) is 24.3 Å². The van der Waals surface area contributed by atoms with Gasteiger partial charge in [0.2, 0.25) is 0 Å². The van der Waals surface area contributed by atoms with E-state index in [1.165, 1.54) is 0 Å². The van der Waals surface area contributed by atoms with E-state index in [4.69, 9.17) is 9.47 Å². The van der Waals surface area contributed by atoms with Crippen LogP contribution in [0.3, 0.4) is 0 Å². The van der Waals surface area contributed by atoms with Crippen molar-refractivity contribution in [1.29, 1.82) is 0 Å². The number of ether oxygens (including phenoxy) is 2. The molecular weight excluding hydrogens is 216 g/mol. The third-order valence-electron chi connectivity index (χ3n) is 2.31. The molecule has 1 rings (SSSR count). The highest BCUT2D eigenvalue weighted by Gasteiger charge is 2.14. The van der Waals surface area contributed by atoms with Gasteiger partial charge in [-0.1, -0.05) is 12.1 Å². The Bertz CT molecular complexity index is 342. The maximum atomic E-state index is 9.86. The van der Waals surface area contributed by atoms with Crippen molar-refractivity contribution in [3.8, 4) is 5.75 Å². The molecule has 0 heterocycles. The molecular formula is C14H22O3. The SMILES string of the molecule is COc1cccc(CC(O)COC(C)(C)C)c1. The number of methoxy groups -OCH3 is 1. The number of aliphatic hydroxyl groups excluding tert-OH is 1. The first-order chi connectivity index (χ1) is 7.90. The summed E-state index contributed by atoms with van der Waals surface area (Å²) in [6.07, 6.45) is 0.0918. The van der Waals surface area contributed by atoms with Gasteiger partial charge < -0.3 is 14.6 Å². The lowest BCUT2D eigenvalue weighted by Gasteiger charge is -2.22. The molecule has 3 nitrogen and oxygen atoms in total. The minimum absolute atomic E-state index is 0.213. The third-order valence-corrected chi connectivity index (χ3v) is 2.31. The second kappa shape index (κ2) is 6.03. The fourth-order valence-electron chi connectivity index (χ4n) is 1.48. The maximum absolute atomic E-state index is 9.86. The summed E-state index contributed by atoms with van der Waals surface area (Å²) < 4.78 is 10.7. The molecule has 1 aromatic carbocycles. The monoisotopic (exact) mass is 238 g/mol. The highest BCUT2D eigenvalue weighted by Crippen LogP contribution is 2.15. The number of aliphatic hydroxyl groups is 1. The molecule has 0 aliphatic heterocycles. The van der Waals surface area contributed by atoms with Crippen LogP contribution in [0.4, 0.5) is 0 Å². The van der Waals surface area contributed by atoms with Crippen molar-refractivity contribution in [3.05, 3.63) is 29.8 Å². The molecule has 1 unspecified atom stereocenters. The summed E-state index contributed by atoms with van der Waals surface area (Å²) in [4.78, 5) is 0. The lowest BCUT2D eigenvalue weighted by Crippen LogP contribution is -2.27. The summed E-state index contributed by atoms with van der Waals surface area (Å²) in [5.41, 5.74) is 0.837. The van der Waals surface area contributed by atoms with Crippen LogP contribution in [0.1, 0.15) is 26.3 Å². The highest BCUT2D eigenvalue weighted by molar-refractivity contribution is 5.28. The summed E-state index contributed by atoms with van der Waals surface area (Å²) in [7, 11) is 1.64. The third kappa shape index (κ3) is 5.71. The van der Waals surface area contributed by atoms with Gasteiger partial charge in [0.15, 0.2) is 0 Å². The maximum Gasteiger partial charge on any atom is 0.119 e. The van der Waals surface area contributed by atoms with Crippen LogP contribution in [0, 0.1) is 0 Å². The molecule has 0 aliphatic rings. The van der Waals surface area contributed by atoms with Gasteiger partial charge in [0.25, 0.3) is 0 Å². The van der Waals surface area contributed by atoms with E-state index in [-0.39, 0.29) is 5.60 Å². The minimum atomic E-state index is -0.485. The zero-order chi connectivity index (χ0) is 12.9. The normalized spacial score (nSPS) is 13.5. The molecule has 1 N–H and O–H groups in total. The summed E-state index contributed by atoms with van der Waals surface area (Å²) in [6, 6.07) is 7.72. The van der Waals surface area contributed by atoms with Gasteiger partial charge in [-0.2, -0.15) is 0 Å². The molecule has 0 bridgehead atoms. The van der Waals surface area contributed by atoms with Gasteiger partial charge in [-0.3, -0.25) is 0 Å². The van der Waals surface area contributed by atoms with Crippen molar-refractivity contribution < 1.29 is 14.6 Å². The predicted molar refractivity (Wildman–Crippen MR) is 68.4 cm³/mol. The van der Waals surface area contributed by atoms with Gasteiger partial charge in [0.1, 0.15) is 5.75 Å². The Balaban J connectivity index is 2.47. The lowest BCUT2D eigenvalue weighted by atomic mass is 10.1. The van der Waals surface area contributed by atoms with Crippen LogP contribution in [0.25, 0.3) is 0 Å². The first-order valence-corrected chi connectivity index (χ1v) is 5.85. The zero-order valence-electron chi connectivity index (χ0n) is 11.1. The van der Waals surface area contributed by atoms with E-state index in [9.17, 15) is 5.11 Å². The lowest BCUT2D eigenvalue weighted by molar-refractivity contribution is -0.0482. The molecule has 0 fully saturated rings. The van der Waals surface area contributed by atoms with Gasteiger partial charge in [-0.05, 0) is 38.5 Å². The van der Waals surface area contributed by atoms with Gasteiger partial charge in [0, 0.05) is 6.42 Å². The standard InChI is InChI=1S/C14H22O3/c1-14(2,3)17-10-12(15)8-11-6-5-7-13(9-11)16-4/h5-7,9,12,15H,8,10H2,1-4H3. The molecule has 17 heavy (non-hydrogen) atoms. The fraction of sp³-hybridized carbons (Fsp3) is 0.571. The predicted octanol–water partition coefficient (Wildman–Crippen LogP) is 2.41. The van der Waals surface area contributed by atoms with E-state index >= 15 is 0 Å². The molecule has 1 aromatic rings. The molecule has 0 amide bonds. The van der Waals surface area contributed by atoms with Crippen molar-refractivity contribution in [1.82, 2.24) is 0 Å². The molecule has 0 aromatic heterocycles. The van der Waals surface area contributed by atoms with E-state index < -0.39 is 6.10 Å². The summed E-state index contributed by atoms with van der Waals surface area (Å²) in [5, 5.41) is 9.86. The van der Waals surface area contributed by atoms with Gasteiger partial charge in [0.05, 0.1) is 25.4 Å². The average Bonchev–Trinajstić information content (AvgIpc) is 2.26. The Kier molecular flexibility index (Phi) is 4.97. The van der Waals surface area contributed by atoms with Crippen LogP contribution in [0.2, 0.25) is 0 Å². The number of hydrogen-bond donors (Lipinski definition) is 1. The Morgan fingerprint density at radius 1 is 1.29 bits per heavy atom. The van der Waals surface area contributed by atoms with Crippen LogP contribution in [0.5, 0.6) is 5.75 Å². The van der Waals surface area contributed by atoms with Gasteiger partial charge in [-0.15, -0.1) is 0 Å². The molecule has 96 valence electrons. The minimum Gasteiger partial charge on any atom is -0.497 e. The molecule has 0 saturated heterocycles. The molecule has 1 atom stereocenters. The van der Waals surface area contributed by atoms with Gasteiger partial charge in [-0.25, -0.2) is 0 Å². The number of benzene rings is 1. The Morgan fingerprint density at radius 3 is 2.59 bits per heavy atom. The van der Waals surface area contributed by atoms with Crippen molar-refractivity contribution in [2.75, 3.05) is 13.7 Å². The summed E-state index contributed by atoms with van der Waals surface area (Å²) in [6.45, 7) is 6.28. The van der Waals surface area contributed by atoms with Crippen LogP contribution in [-0.2, 0) is 11.2 Å². The average molecular weight is 238 g/mol. The quantitative estimate of drug-likeness (QED) is 0.856. The van der Waals surface area contributed by atoms with E-state index in [0.29, 0.717) is 13.0 Å². The topological polar surface area (TPSA) is 38.7 Å². The number of hydrogen-bond acceptors (Lipinski definition) is 3. The Labute approximate surface area is 103 Å². The molecule has 0 radical (unpaired) electrons. The first-order valence-electron chi connectivity index (χ1n) is 5.85. The number of rotatable bonds is 5. The van der Waals surface area contributed by atoms with E-state index in [1.807, 2.05) is 45.0 Å². The highest BCUT2D eigenvalue weighted by atomic mass is 16.5. The summed E-state index contributed by atoms with van der Waals surface area (Å²) in [5.74, 6) is 0.812. The molecule has 0 aliphatic carbocycles. The zero-order valence-corrected chi connectivity index (χ0v) is 11.1. The molecule has 3 heteroatoms. The van der Waals surface area contributed by atoms with E-state index in [1.54, 1.807) is 7.11 Å². The fourth-order valence-corrected chi connectivity index (χ4v) is 1.48. The van der Waals surface area contributed by atoms with Crippen molar-refractivity contribution in [2.45, 2.75) is 38.9 Å². The second-order valence-corrected chi connectivity index (χ2v) is 5.13. The summed E-state index contributed by atoms with van der Waals surface area (Å²) >= 11 is 0.